The molecule has 7 heteroatoms. The van der Waals surface area contributed by atoms with Crippen LogP contribution in [0.3, 0.4) is 0 Å². The predicted molar refractivity (Wildman–Crippen MR) is 105 cm³/mol. The van der Waals surface area contributed by atoms with E-state index in [2.05, 4.69) is 51.2 Å². The zero-order valence-electron chi connectivity index (χ0n) is 14.8. The number of rotatable bonds is 6. The summed E-state index contributed by atoms with van der Waals surface area (Å²) < 4.78 is 2.24. The molecule has 1 aliphatic rings. The van der Waals surface area contributed by atoms with Gasteiger partial charge in [-0.1, -0.05) is 13.8 Å². The summed E-state index contributed by atoms with van der Waals surface area (Å²) in [7, 11) is 1.81. The van der Waals surface area contributed by atoms with E-state index in [9.17, 15) is 0 Å². The van der Waals surface area contributed by atoms with Crippen LogP contribution in [0.2, 0.25) is 0 Å². The van der Waals surface area contributed by atoms with Crippen molar-refractivity contribution >= 4 is 29.9 Å². The average molecular weight is 434 g/mol. The number of hydrogen-bond donors (Lipinski definition) is 2. The molecule has 1 unspecified atom stereocenters. The number of nitrogens with one attached hydrogen (secondary N) is 2. The topological polar surface area (TPSA) is 67.1 Å². The van der Waals surface area contributed by atoms with Crippen molar-refractivity contribution in [2.45, 2.75) is 72.0 Å². The van der Waals surface area contributed by atoms with Crippen LogP contribution in [0.15, 0.2) is 4.99 Å². The summed E-state index contributed by atoms with van der Waals surface area (Å²) in [6.07, 6.45) is 5.87. The van der Waals surface area contributed by atoms with Crippen molar-refractivity contribution in [3.63, 3.8) is 0 Å². The van der Waals surface area contributed by atoms with Gasteiger partial charge in [-0.3, -0.25) is 4.99 Å². The number of aliphatic imine (C=N–C) groups is 1. The van der Waals surface area contributed by atoms with Gasteiger partial charge in [-0.15, -0.1) is 34.2 Å². The van der Waals surface area contributed by atoms with E-state index in [0.29, 0.717) is 12.6 Å². The maximum Gasteiger partial charge on any atom is 0.191 e. The molecule has 1 aromatic heterocycles. The van der Waals surface area contributed by atoms with Crippen molar-refractivity contribution in [2.75, 3.05) is 7.05 Å². The standard InChI is InChI=1S/C16H30N6.HI/c1-12(2)8-9-13(3)19-16(17-4)18-11-15-21-20-14-7-5-6-10-22(14)15;/h12-13H,5-11H2,1-4H3,(H2,17,18,19);1H. The van der Waals surface area contributed by atoms with Gasteiger partial charge in [0, 0.05) is 26.1 Å². The SMILES string of the molecule is CN=C(NCc1nnc2n1CCCC2)NC(C)CCC(C)C.I. The lowest BCUT2D eigenvalue weighted by molar-refractivity contribution is 0.486. The molecule has 0 spiro atoms. The second kappa shape index (κ2) is 10.1. The number of guanidine groups is 1. The van der Waals surface area contributed by atoms with Crippen LogP contribution < -0.4 is 10.6 Å². The van der Waals surface area contributed by atoms with Gasteiger partial charge < -0.3 is 15.2 Å². The second-order valence-corrected chi connectivity index (χ2v) is 6.58. The number of aryl methyl sites for hydroxylation is 1. The molecule has 0 saturated heterocycles. The fraction of sp³-hybridized carbons (Fsp3) is 0.812. The van der Waals surface area contributed by atoms with Crippen molar-refractivity contribution in [3.05, 3.63) is 11.6 Å². The Kier molecular flexibility index (Phi) is 8.86. The van der Waals surface area contributed by atoms with E-state index in [1.165, 1.54) is 19.3 Å². The van der Waals surface area contributed by atoms with E-state index in [0.717, 1.165) is 42.9 Å². The highest BCUT2D eigenvalue weighted by atomic mass is 127. The van der Waals surface area contributed by atoms with Crippen LogP contribution in [0.5, 0.6) is 0 Å². The molecule has 1 atom stereocenters. The van der Waals surface area contributed by atoms with Crippen molar-refractivity contribution in [1.29, 1.82) is 0 Å². The van der Waals surface area contributed by atoms with E-state index in [1.54, 1.807) is 0 Å². The predicted octanol–water partition coefficient (Wildman–Crippen LogP) is 2.72. The molecule has 6 nitrogen and oxygen atoms in total. The zero-order valence-corrected chi connectivity index (χ0v) is 17.1. The van der Waals surface area contributed by atoms with Crippen LogP contribution in [-0.4, -0.2) is 33.8 Å². The van der Waals surface area contributed by atoms with Crippen LogP contribution in [-0.2, 0) is 19.5 Å². The quantitative estimate of drug-likeness (QED) is 0.411. The molecule has 0 bridgehead atoms. The lowest BCUT2D eigenvalue weighted by Gasteiger charge is -2.19. The summed E-state index contributed by atoms with van der Waals surface area (Å²) in [5.74, 6) is 3.70. The van der Waals surface area contributed by atoms with Crippen molar-refractivity contribution in [2.24, 2.45) is 10.9 Å². The summed E-state index contributed by atoms with van der Waals surface area (Å²) in [5, 5.41) is 15.4. The Labute approximate surface area is 157 Å². The molecule has 23 heavy (non-hydrogen) atoms. The van der Waals surface area contributed by atoms with Gasteiger partial charge >= 0.3 is 0 Å². The summed E-state index contributed by atoms with van der Waals surface area (Å²) in [5.41, 5.74) is 0. The molecule has 0 aromatic carbocycles. The van der Waals surface area contributed by atoms with Crippen LogP contribution >= 0.6 is 24.0 Å². The minimum absolute atomic E-state index is 0. The first-order valence-corrected chi connectivity index (χ1v) is 8.48. The van der Waals surface area contributed by atoms with Gasteiger partial charge in [0.05, 0.1) is 6.54 Å². The first-order chi connectivity index (χ1) is 10.6. The van der Waals surface area contributed by atoms with Crippen molar-refractivity contribution < 1.29 is 0 Å². The summed E-state index contributed by atoms with van der Waals surface area (Å²) in [4.78, 5) is 4.30. The lowest BCUT2D eigenvalue weighted by atomic mass is 10.0. The van der Waals surface area contributed by atoms with Gasteiger partial charge in [0.25, 0.3) is 0 Å². The fourth-order valence-electron chi connectivity index (χ4n) is 2.75. The molecule has 1 aromatic rings. The first kappa shape index (κ1) is 20.2. The van der Waals surface area contributed by atoms with Crippen molar-refractivity contribution in [3.8, 4) is 0 Å². The third kappa shape index (κ3) is 6.27. The van der Waals surface area contributed by atoms with E-state index >= 15 is 0 Å². The maximum atomic E-state index is 4.31. The molecule has 2 heterocycles. The highest BCUT2D eigenvalue weighted by molar-refractivity contribution is 14.0. The van der Waals surface area contributed by atoms with Crippen LogP contribution in [0, 0.1) is 5.92 Å². The minimum Gasteiger partial charge on any atom is -0.354 e. The van der Waals surface area contributed by atoms with Gasteiger partial charge in [0.15, 0.2) is 11.8 Å². The Morgan fingerprint density at radius 2 is 2.00 bits per heavy atom. The fourth-order valence-corrected chi connectivity index (χ4v) is 2.75. The Morgan fingerprint density at radius 3 is 2.70 bits per heavy atom. The monoisotopic (exact) mass is 434 g/mol. The molecule has 0 amide bonds. The summed E-state index contributed by atoms with van der Waals surface area (Å²) in [6, 6.07) is 0.418. The molecule has 0 fully saturated rings. The van der Waals surface area contributed by atoms with Gasteiger partial charge in [-0.2, -0.15) is 0 Å². The lowest BCUT2D eigenvalue weighted by Crippen LogP contribution is -2.42. The molecule has 1 aliphatic heterocycles. The average Bonchev–Trinajstić information content (AvgIpc) is 2.92. The van der Waals surface area contributed by atoms with Gasteiger partial charge in [-0.25, -0.2) is 0 Å². The normalized spacial score (nSPS) is 15.8. The van der Waals surface area contributed by atoms with Gasteiger partial charge in [-0.05, 0) is 38.5 Å². The van der Waals surface area contributed by atoms with E-state index in [1.807, 2.05) is 7.05 Å². The Balaban J connectivity index is 0.00000264. The number of hydrogen-bond acceptors (Lipinski definition) is 3. The van der Waals surface area contributed by atoms with Crippen LogP contribution in [0.1, 0.15) is 58.1 Å². The maximum absolute atomic E-state index is 4.31. The highest BCUT2D eigenvalue weighted by Crippen LogP contribution is 2.14. The zero-order chi connectivity index (χ0) is 15.9. The first-order valence-electron chi connectivity index (χ1n) is 8.48. The van der Waals surface area contributed by atoms with Crippen LogP contribution in [0.25, 0.3) is 0 Å². The highest BCUT2D eigenvalue weighted by Gasteiger charge is 2.15. The smallest absolute Gasteiger partial charge is 0.191 e. The number of fused-ring (bicyclic) bond motifs is 1. The van der Waals surface area contributed by atoms with E-state index in [-0.39, 0.29) is 24.0 Å². The van der Waals surface area contributed by atoms with E-state index in [4.69, 9.17) is 0 Å². The molecule has 2 N–H and O–H groups in total. The number of aromatic nitrogens is 3. The molecular formula is C16H31IN6. The van der Waals surface area contributed by atoms with E-state index < -0.39 is 0 Å². The van der Waals surface area contributed by atoms with Crippen LogP contribution in [0.4, 0.5) is 0 Å². The molecule has 132 valence electrons. The largest absolute Gasteiger partial charge is 0.354 e. The molecule has 0 aliphatic carbocycles. The number of halogens is 1. The van der Waals surface area contributed by atoms with Gasteiger partial charge in [0.2, 0.25) is 0 Å². The Morgan fingerprint density at radius 1 is 1.22 bits per heavy atom. The minimum atomic E-state index is 0. The second-order valence-electron chi connectivity index (χ2n) is 6.58. The number of nitrogens with zero attached hydrogens (tertiary/aromatic N) is 4. The molecule has 0 radical (unpaired) electrons. The Hall–Kier alpha value is -0.860. The van der Waals surface area contributed by atoms with Gasteiger partial charge in [0.1, 0.15) is 5.82 Å². The Bertz CT molecular complexity index is 497. The third-order valence-electron chi connectivity index (χ3n) is 4.13. The molecule has 0 saturated carbocycles. The molecule has 2 rings (SSSR count). The van der Waals surface area contributed by atoms with Crippen molar-refractivity contribution in [1.82, 2.24) is 25.4 Å². The summed E-state index contributed by atoms with van der Waals surface area (Å²) >= 11 is 0. The summed E-state index contributed by atoms with van der Waals surface area (Å²) in [6.45, 7) is 8.43. The third-order valence-corrected chi connectivity index (χ3v) is 4.13. The molecular weight excluding hydrogens is 403 g/mol.